The summed E-state index contributed by atoms with van der Waals surface area (Å²) in [4.78, 5) is 17.7. The molecule has 3 rings (SSSR count). The van der Waals surface area contributed by atoms with E-state index in [1.165, 1.54) is 28.2 Å². The summed E-state index contributed by atoms with van der Waals surface area (Å²) >= 11 is 1.82. The quantitative estimate of drug-likeness (QED) is 0.754. The second kappa shape index (κ2) is 7.84. The van der Waals surface area contributed by atoms with Crippen molar-refractivity contribution in [1.29, 1.82) is 0 Å². The molecule has 0 bridgehead atoms. The zero-order chi connectivity index (χ0) is 16.9. The normalized spacial score (nSPS) is 18.2. The molecule has 2 aromatic rings. The van der Waals surface area contributed by atoms with Crippen molar-refractivity contribution in [3.8, 4) is 0 Å². The minimum absolute atomic E-state index is 0.0360. The zero-order valence-corrected chi connectivity index (χ0v) is 15.4. The molecule has 2 amide bonds. The van der Waals surface area contributed by atoms with Crippen LogP contribution < -0.4 is 5.32 Å². The first kappa shape index (κ1) is 17.0. The van der Waals surface area contributed by atoms with Crippen molar-refractivity contribution in [1.82, 2.24) is 4.90 Å². The summed E-state index contributed by atoms with van der Waals surface area (Å²) in [5, 5.41) is 3.16. The van der Waals surface area contributed by atoms with Crippen molar-refractivity contribution in [2.45, 2.75) is 52.0 Å². The van der Waals surface area contributed by atoms with E-state index in [1.807, 2.05) is 34.4 Å². The van der Waals surface area contributed by atoms with E-state index in [0.717, 1.165) is 31.5 Å². The van der Waals surface area contributed by atoms with E-state index >= 15 is 0 Å². The third kappa shape index (κ3) is 3.81. The van der Waals surface area contributed by atoms with Gasteiger partial charge in [0.25, 0.3) is 0 Å². The lowest BCUT2D eigenvalue weighted by molar-refractivity contribution is 0.190. The number of thiophene rings is 1. The maximum atomic E-state index is 13.0. The van der Waals surface area contributed by atoms with Gasteiger partial charge >= 0.3 is 6.03 Å². The predicted octanol–water partition coefficient (Wildman–Crippen LogP) is 5.77. The molecule has 1 aromatic carbocycles. The lowest BCUT2D eigenvalue weighted by Gasteiger charge is -2.30. The van der Waals surface area contributed by atoms with Gasteiger partial charge in [0.2, 0.25) is 0 Å². The molecule has 1 unspecified atom stereocenters. The molecule has 1 atom stereocenters. The van der Waals surface area contributed by atoms with Gasteiger partial charge in [0.1, 0.15) is 0 Å². The molecular weight excluding hydrogens is 316 g/mol. The van der Waals surface area contributed by atoms with E-state index in [-0.39, 0.29) is 12.1 Å². The van der Waals surface area contributed by atoms with Gasteiger partial charge in [-0.3, -0.25) is 0 Å². The van der Waals surface area contributed by atoms with Gasteiger partial charge in [0.05, 0.1) is 6.04 Å². The van der Waals surface area contributed by atoms with Gasteiger partial charge in [-0.2, -0.15) is 0 Å². The molecule has 1 aliphatic heterocycles. The van der Waals surface area contributed by atoms with Crippen molar-refractivity contribution in [3.63, 3.8) is 0 Å². The highest BCUT2D eigenvalue weighted by Gasteiger charge is 2.28. The van der Waals surface area contributed by atoms with Crippen LogP contribution in [-0.2, 0) is 6.42 Å². The highest BCUT2D eigenvalue weighted by Crippen LogP contribution is 2.34. The Morgan fingerprint density at radius 2 is 2.04 bits per heavy atom. The molecule has 24 heavy (non-hydrogen) atoms. The topological polar surface area (TPSA) is 32.3 Å². The van der Waals surface area contributed by atoms with Crippen LogP contribution in [0.3, 0.4) is 0 Å². The van der Waals surface area contributed by atoms with Gasteiger partial charge in [0.15, 0.2) is 0 Å². The average molecular weight is 343 g/mol. The highest BCUT2D eigenvalue weighted by atomic mass is 32.1. The van der Waals surface area contributed by atoms with Crippen LogP contribution in [0.4, 0.5) is 10.5 Å². The molecule has 1 N–H and O–H groups in total. The molecule has 1 saturated heterocycles. The van der Waals surface area contributed by atoms with Crippen LogP contribution in [0.2, 0.25) is 0 Å². The van der Waals surface area contributed by atoms with Crippen LogP contribution in [0.5, 0.6) is 0 Å². The van der Waals surface area contributed by atoms with E-state index < -0.39 is 0 Å². The summed E-state index contributed by atoms with van der Waals surface area (Å²) < 4.78 is 0. The van der Waals surface area contributed by atoms with Crippen LogP contribution in [0, 0.1) is 6.92 Å². The van der Waals surface area contributed by atoms with Crippen LogP contribution >= 0.6 is 11.3 Å². The van der Waals surface area contributed by atoms with Crippen LogP contribution in [0.25, 0.3) is 0 Å². The molecule has 4 heteroatoms. The van der Waals surface area contributed by atoms with E-state index in [2.05, 4.69) is 37.4 Å². The van der Waals surface area contributed by atoms with Gasteiger partial charge < -0.3 is 10.2 Å². The first-order valence-electron chi connectivity index (χ1n) is 8.91. The third-order valence-corrected chi connectivity index (χ3v) is 5.85. The third-order valence-electron chi connectivity index (χ3n) is 4.74. The molecule has 0 saturated carbocycles. The second-order valence-corrected chi connectivity index (χ2v) is 7.77. The molecule has 1 fully saturated rings. The van der Waals surface area contributed by atoms with E-state index in [0.29, 0.717) is 0 Å². The number of aryl methyl sites for hydroxylation is 2. The maximum absolute atomic E-state index is 13.0. The monoisotopic (exact) mass is 342 g/mol. The van der Waals surface area contributed by atoms with Crippen molar-refractivity contribution in [2.24, 2.45) is 0 Å². The number of carbonyl (C=O) groups is 1. The van der Waals surface area contributed by atoms with Gasteiger partial charge in [0, 0.05) is 22.0 Å². The summed E-state index contributed by atoms with van der Waals surface area (Å²) in [7, 11) is 0. The fraction of sp³-hybridized carbons (Fsp3) is 0.450. The number of amides is 2. The zero-order valence-electron chi connectivity index (χ0n) is 14.5. The molecule has 2 heterocycles. The number of nitrogens with one attached hydrogen (secondary N) is 1. The maximum Gasteiger partial charge on any atom is 0.322 e. The summed E-state index contributed by atoms with van der Waals surface area (Å²) in [6.45, 7) is 5.09. The predicted molar refractivity (Wildman–Crippen MR) is 102 cm³/mol. The van der Waals surface area contributed by atoms with Crippen molar-refractivity contribution < 1.29 is 4.79 Å². The molecule has 0 radical (unpaired) electrons. The Balaban J connectivity index is 1.82. The Bertz CT molecular complexity index is 694. The SMILES string of the molecule is CCc1ccccc1NC(=O)N1CCCCCC1c1ccc(C)s1. The summed E-state index contributed by atoms with van der Waals surface area (Å²) in [6, 6.07) is 12.7. The summed E-state index contributed by atoms with van der Waals surface area (Å²) in [5.41, 5.74) is 2.12. The first-order chi connectivity index (χ1) is 11.7. The minimum Gasteiger partial charge on any atom is -0.317 e. The molecular formula is C20H26N2OS. The molecule has 0 spiro atoms. The van der Waals surface area contributed by atoms with Gasteiger partial charge in [-0.1, -0.05) is 38.0 Å². The number of rotatable bonds is 3. The standard InChI is InChI=1S/C20H26N2OS/c1-3-16-9-6-7-10-17(16)21-20(23)22-14-8-4-5-11-18(22)19-13-12-15(2)24-19/h6-7,9-10,12-13,18H,3-5,8,11,14H2,1-2H3,(H,21,23). The lowest BCUT2D eigenvalue weighted by atomic mass is 10.1. The number of para-hydroxylation sites is 1. The molecule has 3 nitrogen and oxygen atoms in total. The number of anilines is 1. The van der Waals surface area contributed by atoms with Crippen molar-refractivity contribution in [2.75, 3.05) is 11.9 Å². The Morgan fingerprint density at radius 3 is 2.79 bits per heavy atom. The number of urea groups is 1. The fourth-order valence-electron chi connectivity index (χ4n) is 3.42. The van der Waals surface area contributed by atoms with E-state index in [9.17, 15) is 4.79 Å². The van der Waals surface area contributed by atoms with Crippen molar-refractivity contribution >= 4 is 23.1 Å². The lowest BCUT2D eigenvalue weighted by Crippen LogP contribution is -2.38. The van der Waals surface area contributed by atoms with E-state index in [4.69, 9.17) is 0 Å². The second-order valence-electron chi connectivity index (χ2n) is 6.45. The molecule has 1 aromatic heterocycles. The Labute approximate surface area is 148 Å². The molecule has 0 aliphatic carbocycles. The number of benzene rings is 1. The average Bonchev–Trinajstić information content (AvgIpc) is 2.87. The highest BCUT2D eigenvalue weighted by molar-refractivity contribution is 7.12. The van der Waals surface area contributed by atoms with Gasteiger partial charge in [-0.25, -0.2) is 4.79 Å². The number of nitrogens with zero attached hydrogens (tertiary/aromatic N) is 1. The summed E-state index contributed by atoms with van der Waals surface area (Å²) in [5.74, 6) is 0. The number of hydrogen-bond acceptors (Lipinski definition) is 2. The smallest absolute Gasteiger partial charge is 0.317 e. The minimum atomic E-state index is 0.0360. The van der Waals surface area contributed by atoms with Gasteiger partial charge in [-0.15, -0.1) is 11.3 Å². The Kier molecular flexibility index (Phi) is 5.56. The van der Waals surface area contributed by atoms with Crippen molar-refractivity contribution in [3.05, 3.63) is 51.7 Å². The van der Waals surface area contributed by atoms with Crippen LogP contribution in [0.1, 0.15) is 54.0 Å². The fourth-order valence-corrected chi connectivity index (χ4v) is 4.44. The number of likely N-dealkylation sites (tertiary alicyclic amines) is 1. The van der Waals surface area contributed by atoms with Gasteiger partial charge in [-0.05, 0) is 49.9 Å². The Morgan fingerprint density at radius 1 is 1.21 bits per heavy atom. The van der Waals surface area contributed by atoms with E-state index in [1.54, 1.807) is 0 Å². The Hall–Kier alpha value is -1.81. The largest absolute Gasteiger partial charge is 0.322 e. The first-order valence-corrected chi connectivity index (χ1v) is 9.72. The number of hydrogen-bond donors (Lipinski definition) is 1. The molecule has 128 valence electrons. The number of carbonyl (C=O) groups excluding carboxylic acids is 1. The summed E-state index contributed by atoms with van der Waals surface area (Å²) in [6.07, 6.45) is 5.46. The van der Waals surface area contributed by atoms with Crippen LogP contribution in [0.15, 0.2) is 36.4 Å². The molecule has 1 aliphatic rings. The van der Waals surface area contributed by atoms with Crippen LogP contribution in [-0.4, -0.2) is 17.5 Å².